The van der Waals surface area contributed by atoms with Crippen molar-refractivity contribution < 1.29 is 4.79 Å². The molecule has 0 bridgehead atoms. The Morgan fingerprint density at radius 3 is 2.90 bits per heavy atom. The summed E-state index contributed by atoms with van der Waals surface area (Å²) in [5.74, 6) is 0.483. The lowest BCUT2D eigenvalue weighted by Crippen LogP contribution is -2.52. The summed E-state index contributed by atoms with van der Waals surface area (Å²) < 4.78 is 0. The van der Waals surface area contributed by atoms with Gasteiger partial charge in [0.15, 0.2) is 0 Å². The molecule has 2 N–H and O–H groups in total. The molecule has 0 saturated carbocycles. The van der Waals surface area contributed by atoms with Gasteiger partial charge >= 0.3 is 0 Å². The minimum absolute atomic E-state index is 0.0758. The van der Waals surface area contributed by atoms with E-state index in [1.807, 2.05) is 18.2 Å². The number of piperazine rings is 1. The molecule has 1 saturated heterocycles. The smallest absolute Gasteiger partial charge is 0.238 e. The second kappa shape index (κ2) is 6.86. The van der Waals surface area contributed by atoms with Crippen LogP contribution in [0.15, 0.2) is 24.3 Å². The fraction of sp³-hybridized carbons (Fsp3) is 0.562. The Bertz CT molecular complexity index is 459. The molecule has 0 unspecified atom stereocenters. The molecule has 4 heteroatoms. The number of carbonyl (C=O) groups excluding carboxylic acids is 1. The molecule has 20 heavy (non-hydrogen) atoms. The van der Waals surface area contributed by atoms with Gasteiger partial charge < -0.3 is 10.6 Å². The average molecular weight is 275 g/mol. The monoisotopic (exact) mass is 275 g/mol. The Balaban J connectivity index is 1.97. The van der Waals surface area contributed by atoms with Crippen molar-refractivity contribution in [1.82, 2.24) is 10.2 Å². The molecule has 1 aliphatic heterocycles. The summed E-state index contributed by atoms with van der Waals surface area (Å²) in [5, 5.41) is 6.40. The first-order valence-electron chi connectivity index (χ1n) is 7.41. The number of nitrogens with zero attached hydrogens (tertiary/aromatic N) is 1. The SMILES string of the molecule is CC(C)c1ccccc1NC(=O)CN1CCNC[C@H]1C. The molecular formula is C16H25N3O. The maximum Gasteiger partial charge on any atom is 0.238 e. The molecule has 4 nitrogen and oxygen atoms in total. The number of benzene rings is 1. The molecule has 1 heterocycles. The van der Waals surface area contributed by atoms with Crippen molar-refractivity contribution in [2.75, 3.05) is 31.5 Å². The van der Waals surface area contributed by atoms with Crippen molar-refractivity contribution in [2.24, 2.45) is 0 Å². The highest BCUT2D eigenvalue weighted by atomic mass is 16.2. The molecule has 0 aromatic heterocycles. The molecule has 1 aliphatic rings. The standard InChI is InChI=1S/C16H25N3O/c1-12(2)14-6-4-5-7-15(14)18-16(20)11-19-9-8-17-10-13(19)3/h4-7,12-13,17H,8-11H2,1-3H3,(H,18,20)/t13-/m1/s1. The lowest BCUT2D eigenvalue weighted by Gasteiger charge is -2.33. The van der Waals surface area contributed by atoms with Gasteiger partial charge in [0.05, 0.1) is 6.54 Å². The normalized spacial score (nSPS) is 20.1. The van der Waals surface area contributed by atoms with E-state index in [1.54, 1.807) is 0 Å². The van der Waals surface area contributed by atoms with Crippen LogP contribution in [-0.2, 0) is 4.79 Å². The summed E-state index contributed by atoms with van der Waals surface area (Å²) >= 11 is 0. The molecule has 1 aromatic rings. The van der Waals surface area contributed by atoms with Crippen molar-refractivity contribution in [3.05, 3.63) is 29.8 Å². The fourth-order valence-electron chi connectivity index (χ4n) is 2.61. The number of amides is 1. The van der Waals surface area contributed by atoms with Gasteiger partial charge in [0.1, 0.15) is 0 Å². The molecule has 1 atom stereocenters. The summed E-state index contributed by atoms with van der Waals surface area (Å²) in [6, 6.07) is 8.45. The van der Waals surface area contributed by atoms with Crippen LogP contribution in [0.5, 0.6) is 0 Å². The lowest BCUT2D eigenvalue weighted by atomic mass is 10.0. The van der Waals surface area contributed by atoms with Gasteiger partial charge in [-0.3, -0.25) is 9.69 Å². The number of carbonyl (C=O) groups is 1. The molecular weight excluding hydrogens is 250 g/mol. The molecule has 2 rings (SSSR count). The summed E-state index contributed by atoms with van der Waals surface area (Å²) in [4.78, 5) is 14.5. The van der Waals surface area contributed by atoms with Crippen LogP contribution in [0.25, 0.3) is 0 Å². The van der Waals surface area contributed by atoms with Gasteiger partial charge in [-0.25, -0.2) is 0 Å². The Kier molecular flexibility index (Phi) is 5.15. The average Bonchev–Trinajstić information content (AvgIpc) is 2.41. The maximum atomic E-state index is 12.2. The van der Waals surface area contributed by atoms with Crippen LogP contribution < -0.4 is 10.6 Å². The Morgan fingerprint density at radius 1 is 1.45 bits per heavy atom. The van der Waals surface area contributed by atoms with Gasteiger partial charge in [-0.15, -0.1) is 0 Å². The molecule has 0 radical (unpaired) electrons. The second-order valence-corrected chi connectivity index (χ2v) is 5.81. The van der Waals surface area contributed by atoms with Crippen LogP contribution in [0.3, 0.4) is 0 Å². The van der Waals surface area contributed by atoms with Crippen molar-refractivity contribution in [3.63, 3.8) is 0 Å². The zero-order valence-corrected chi connectivity index (χ0v) is 12.6. The third-order valence-corrected chi connectivity index (χ3v) is 3.84. The van der Waals surface area contributed by atoms with Gasteiger partial charge in [-0.2, -0.15) is 0 Å². The highest BCUT2D eigenvalue weighted by Gasteiger charge is 2.20. The number of rotatable bonds is 4. The zero-order valence-electron chi connectivity index (χ0n) is 12.6. The Labute approximate surface area is 121 Å². The first-order valence-corrected chi connectivity index (χ1v) is 7.41. The minimum Gasteiger partial charge on any atom is -0.325 e. The fourth-order valence-corrected chi connectivity index (χ4v) is 2.61. The Hall–Kier alpha value is -1.39. The third-order valence-electron chi connectivity index (χ3n) is 3.84. The third kappa shape index (κ3) is 3.81. The molecule has 1 aromatic carbocycles. The predicted octanol–water partition coefficient (Wildman–Crippen LogP) is 2.04. The zero-order chi connectivity index (χ0) is 14.5. The van der Waals surface area contributed by atoms with Gasteiger partial charge in [-0.05, 0) is 24.5 Å². The van der Waals surface area contributed by atoms with E-state index >= 15 is 0 Å². The van der Waals surface area contributed by atoms with E-state index < -0.39 is 0 Å². The van der Waals surface area contributed by atoms with Crippen LogP contribution >= 0.6 is 0 Å². The van der Waals surface area contributed by atoms with E-state index in [-0.39, 0.29) is 5.91 Å². The lowest BCUT2D eigenvalue weighted by molar-refractivity contribution is -0.118. The molecule has 1 fully saturated rings. The summed E-state index contributed by atoms with van der Waals surface area (Å²) in [6.45, 7) is 9.75. The molecule has 0 aliphatic carbocycles. The van der Waals surface area contributed by atoms with E-state index in [1.165, 1.54) is 5.56 Å². The topological polar surface area (TPSA) is 44.4 Å². The van der Waals surface area contributed by atoms with Crippen LogP contribution in [0.2, 0.25) is 0 Å². The van der Waals surface area contributed by atoms with Crippen molar-refractivity contribution >= 4 is 11.6 Å². The highest BCUT2D eigenvalue weighted by molar-refractivity contribution is 5.93. The minimum atomic E-state index is 0.0758. The van der Waals surface area contributed by atoms with Gasteiger partial charge in [0, 0.05) is 31.4 Å². The number of para-hydroxylation sites is 1. The van der Waals surface area contributed by atoms with E-state index in [4.69, 9.17) is 0 Å². The second-order valence-electron chi connectivity index (χ2n) is 5.81. The largest absolute Gasteiger partial charge is 0.325 e. The van der Waals surface area contributed by atoms with Crippen LogP contribution in [0.4, 0.5) is 5.69 Å². The van der Waals surface area contributed by atoms with Crippen molar-refractivity contribution in [2.45, 2.75) is 32.7 Å². The molecule has 0 spiro atoms. The number of nitrogens with one attached hydrogen (secondary N) is 2. The predicted molar refractivity (Wildman–Crippen MR) is 83.1 cm³/mol. The van der Waals surface area contributed by atoms with Crippen molar-refractivity contribution in [3.8, 4) is 0 Å². The van der Waals surface area contributed by atoms with Gasteiger partial charge in [0.25, 0.3) is 0 Å². The van der Waals surface area contributed by atoms with Gasteiger partial charge in [0.2, 0.25) is 5.91 Å². The number of hydrogen-bond acceptors (Lipinski definition) is 3. The van der Waals surface area contributed by atoms with Crippen LogP contribution in [-0.4, -0.2) is 43.0 Å². The van der Waals surface area contributed by atoms with E-state index in [0.29, 0.717) is 18.5 Å². The first kappa shape index (κ1) is 15.0. The number of hydrogen-bond donors (Lipinski definition) is 2. The first-order chi connectivity index (χ1) is 9.58. The van der Waals surface area contributed by atoms with E-state index in [0.717, 1.165) is 25.3 Å². The number of anilines is 1. The van der Waals surface area contributed by atoms with Gasteiger partial charge in [-0.1, -0.05) is 32.0 Å². The summed E-state index contributed by atoms with van der Waals surface area (Å²) in [5.41, 5.74) is 2.13. The summed E-state index contributed by atoms with van der Waals surface area (Å²) in [7, 11) is 0. The quantitative estimate of drug-likeness (QED) is 0.884. The van der Waals surface area contributed by atoms with Crippen LogP contribution in [0, 0.1) is 0 Å². The van der Waals surface area contributed by atoms with E-state index in [2.05, 4.69) is 42.4 Å². The Morgan fingerprint density at radius 2 is 2.20 bits per heavy atom. The maximum absolute atomic E-state index is 12.2. The highest BCUT2D eigenvalue weighted by Crippen LogP contribution is 2.23. The summed E-state index contributed by atoms with van der Waals surface area (Å²) in [6.07, 6.45) is 0. The van der Waals surface area contributed by atoms with E-state index in [9.17, 15) is 4.79 Å². The van der Waals surface area contributed by atoms with Crippen LogP contribution in [0.1, 0.15) is 32.3 Å². The molecule has 110 valence electrons. The van der Waals surface area contributed by atoms with Crippen molar-refractivity contribution in [1.29, 1.82) is 0 Å². The molecule has 1 amide bonds.